The highest BCUT2D eigenvalue weighted by Gasteiger charge is 2.17. The molecule has 3 heteroatoms. The molecule has 3 N–H and O–H groups in total. The number of rotatable bonds is 2. The molecular formula is C12H18N2O. The fraction of sp³-hybridized carbons (Fsp3) is 0.500. The van der Waals surface area contributed by atoms with Gasteiger partial charge in [0.1, 0.15) is 5.75 Å². The van der Waals surface area contributed by atoms with Crippen molar-refractivity contribution in [2.45, 2.75) is 25.8 Å². The summed E-state index contributed by atoms with van der Waals surface area (Å²) in [4.78, 5) is 0. The Labute approximate surface area is 90.6 Å². The normalized spacial score (nSPS) is 20.0. The van der Waals surface area contributed by atoms with Crippen LogP contribution in [-0.2, 0) is 0 Å². The lowest BCUT2D eigenvalue weighted by Gasteiger charge is -2.16. The van der Waals surface area contributed by atoms with Gasteiger partial charge in [-0.15, -0.1) is 0 Å². The molecule has 0 aromatic heterocycles. The van der Waals surface area contributed by atoms with Crippen LogP contribution < -0.4 is 15.8 Å². The van der Waals surface area contributed by atoms with Crippen molar-refractivity contribution in [2.24, 2.45) is 5.73 Å². The molecule has 0 bridgehead atoms. The predicted octanol–water partition coefficient (Wildman–Crippen LogP) is 2.29. The average molecular weight is 206 g/mol. The van der Waals surface area contributed by atoms with Crippen LogP contribution in [0.25, 0.3) is 0 Å². The Hall–Kier alpha value is -1.22. The number of para-hydroxylation sites is 1. The summed E-state index contributed by atoms with van der Waals surface area (Å²) in [5.74, 6) is 0.923. The predicted molar refractivity (Wildman–Crippen MR) is 62.3 cm³/mol. The number of nitrogens with two attached hydrogens (primary N) is 1. The summed E-state index contributed by atoms with van der Waals surface area (Å²) >= 11 is 0. The third kappa shape index (κ3) is 2.07. The molecule has 0 radical (unpaired) electrons. The summed E-state index contributed by atoms with van der Waals surface area (Å²) in [5.41, 5.74) is 8.38. The SMILES string of the molecule is CCOc1cccc2c1NCCCC2N. The first-order valence-electron chi connectivity index (χ1n) is 5.58. The Kier molecular flexibility index (Phi) is 3.11. The van der Waals surface area contributed by atoms with Gasteiger partial charge in [-0.3, -0.25) is 0 Å². The van der Waals surface area contributed by atoms with Gasteiger partial charge in [-0.2, -0.15) is 0 Å². The van der Waals surface area contributed by atoms with Crippen molar-refractivity contribution in [3.63, 3.8) is 0 Å². The molecule has 1 aliphatic rings. The van der Waals surface area contributed by atoms with E-state index in [4.69, 9.17) is 10.5 Å². The minimum atomic E-state index is 0.135. The van der Waals surface area contributed by atoms with Gasteiger partial charge in [-0.25, -0.2) is 0 Å². The highest BCUT2D eigenvalue weighted by atomic mass is 16.5. The Balaban J connectivity index is 2.39. The lowest BCUT2D eigenvalue weighted by atomic mass is 10.0. The molecule has 2 rings (SSSR count). The monoisotopic (exact) mass is 206 g/mol. The topological polar surface area (TPSA) is 47.3 Å². The van der Waals surface area contributed by atoms with Gasteiger partial charge in [-0.1, -0.05) is 12.1 Å². The zero-order valence-electron chi connectivity index (χ0n) is 9.12. The number of ether oxygens (including phenoxy) is 1. The van der Waals surface area contributed by atoms with Crippen molar-refractivity contribution in [1.29, 1.82) is 0 Å². The number of nitrogens with one attached hydrogen (secondary N) is 1. The quantitative estimate of drug-likeness (QED) is 0.780. The number of hydrogen-bond acceptors (Lipinski definition) is 3. The number of anilines is 1. The smallest absolute Gasteiger partial charge is 0.142 e. The van der Waals surface area contributed by atoms with Crippen molar-refractivity contribution in [1.82, 2.24) is 0 Å². The van der Waals surface area contributed by atoms with Gasteiger partial charge in [-0.05, 0) is 31.4 Å². The van der Waals surface area contributed by atoms with Crippen LogP contribution >= 0.6 is 0 Å². The number of fused-ring (bicyclic) bond motifs is 1. The lowest BCUT2D eigenvalue weighted by molar-refractivity contribution is 0.341. The molecule has 82 valence electrons. The van der Waals surface area contributed by atoms with Gasteiger partial charge in [0, 0.05) is 12.6 Å². The zero-order chi connectivity index (χ0) is 10.7. The van der Waals surface area contributed by atoms with Gasteiger partial charge in [0.05, 0.1) is 12.3 Å². The van der Waals surface area contributed by atoms with E-state index >= 15 is 0 Å². The summed E-state index contributed by atoms with van der Waals surface area (Å²) in [6.45, 7) is 3.66. The summed E-state index contributed by atoms with van der Waals surface area (Å²) in [6.07, 6.45) is 2.15. The summed E-state index contributed by atoms with van der Waals surface area (Å²) in [5, 5.41) is 3.40. The molecule has 0 saturated heterocycles. The Bertz CT molecular complexity index is 338. The second-order valence-electron chi connectivity index (χ2n) is 3.83. The number of hydrogen-bond donors (Lipinski definition) is 2. The molecule has 3 nitrogen and oxygen atoms in total. The maximum atomic E-state index is 6.12. The molecule has 0 saturated carbocycles. The van der Waals surface area contributed by atoms with Crippen LogP contribution in [0, 0.1) is 0 Å². The molecular weight excluding hydrogens is 188 g/mol. The van der Waals surface area contributed by atoms with Crippen molar-refractivity contribution >= 4 is 5.69 Å². The second kappa shape index (κ2) is 4.53. The van der Waals surface area contributed by atoms with E-state index in [1.165, 1.54) is 5.56 Å². The molecule has 0 fully saturated rings. The van der Waals surface area contributed by atoms with Gasteiger partial charge in [0.25, 0.3) is 0 Å². The van der Waals surface area contributed by atoms with E-state index in [9.17, 15) is 0 Å². The van der Waals surface area contributed by atoms with Gasteiger partial charge >= 0.3 is 0 Å². The third-order valence-corrected chi connectivity index (χ3v) is 2.75. The Morgan fingerprint density at radius 3 is 3.20 bits per heavy atom. The fourth-order valence-corrected chi connectivity index (χ4v) is 2.01. The summed E-state index contributed by atoms with van der Waals surface area (Å²) in [7, 11) is 0. The molecule has 15 heavy (non-hydrogen) atoms. The first kappa shape index (κ1) is 10.3. The zero-order valence-corrected chi connectivity index (χ0v) is 9.12. The number of benzene rings is 1. The van der Waals surface area contributed by atoms with Crippen LogP contribution in [0.15, 0.2) is 18.2 Å². The molecule has 1 aromatic carbocycles. The van der Waals surface area contributed by atoms with Gasteiger partial charge < -0.3 is 15.8 Å². The lowest BCUT2D eigenvalue weighted by Crippen LogP contribution is -2.10. The Morgan fingerprint density at radius 2 is 2.40 bits per heavy atom. The first-order valence-corrected chi connectivity index (χ1v) is 5.58. The second-order valence-corrected chi connectivity index (χ2v) is 3.83. The molecule has 1 aromatic rings. The molecule has 1 aliphatic heterocycles. The standard InChI is InChI=1S/C12H18N2O/c1-2-15-11-7-3-5-9-10(13)6-4-8-14-12(9)11/h3,5,7,10,14H,2,4,6,8,13H2,1H3. The summed E-state index contributed by atoms with van der Waals surface area (Å²) < 4.78 is 5.59. The molecule has 0 aliphatic carbocycles. The maximum Gasteiger partial charge on any atom is 0.142 e. The van der Waals surface area contributed by atoms with Crippen LogP contribution in [0.1, 0.15) is 31.4 Å². The van der Waals surface area contributed by atoms with E-state index in [0.717, 1.165) is 30.8 Å². The van der Waals surface area contributed by atoms with Gasteiger partial charge in [0.15, 0.2) is 0 Å². The van der Waals surface area contributed by atoms with E-state index in [1.54, 1.807) is 0 Å². The van der Waals surface area contributed by atoms with Crippen molar-refractivity contribution in [3.8, 4) is 5.75 Å². The molecule has 1 heterocycles. The van der Waals surface area contributed by atoms with Crippen LogP contribution in [-0.4, -0.2) is 13.2 Å². The van der Waals surface area contributed by atoms with E-state index < -0.39 is 0 Å². The van der Waals surface area contributed by atoms with Crippen molar-refractivity contribution in [3.05, 3.63) is 23.8 Å². The molecule has 0 spiro atoms. The third-order valence-electron chi connectivity index (χ3n) is 2.75. The van der Waals surface area contributed by atoms with Crippen LogP contribution in [0.3, 0.4) is 0 Å². The van der Waals surface area contributed by atoms with E-state index in [-0.39, 0.29) is 6.04 Å². The molecule has 0 amide bonds. The van der Waals surface area contributed by atoms with Gasteiger partial charge in [0.2, 0.25) is 0 Å². The van der Waals surface area contributed by atoms with Crippen LogP contribution in [0.4, 0.5) is 5.69 Å². The molecule has 1 unspecified atom stereocenters. The largest absolute Gasteiger partial charge is 0.492 e. The van der Waals surface area contributed by atoms with E-state index in [2.05, 4.69) is 11.4 Å². The first-order chi connectivity index (χ1) is 7.33. The fourth-order valence-electron chi connectivity index (χ4n) is 2.01. The van der Waals surface area contributed by atoms with E-state index in [0.29, 0.717) is 6.61 Å². The molecule has 1 atom stereocenters. The highest BCUT2D eigenvalue weighted by Crippen LogP contribution is 2.35. The minimum absolute atomic E-state index is 0.135. The average Bonchev–Trinajstić information content (AvgIpc) is 2.43. The maximum absolute atomic E-state index is 6.12. The summed E-state index contributed by atoms with van der Waals surface area (Å²) in [6, 6.07) is 6.22. The van der Waals surface area contributed by atoms with Crippen LogP contribution in [0.2, 0.25) is 0 Å². The Morgan fingerprint density at radius 1 is 1.53 bits per heavy atom. The van der Waals surface area contributed by atoms with E-state index in [1.807, 2.05) is 19.1 Å². The van der Waals surface area contributed by atoms with Crippen LogP contribution in [0.5, 0.6) is 5.75 Å². The minimum Gasteiger partial charge on any atom is -0.492 e. The van der Waals surface area contributed by atoms with Crippen molar-refractivity contribution in [2.75, 3.05) is 18.5 Å². The van der Waals surface area contributed by atoms with Crippen molar-refractivity contribution < 1.29 is 4.74 Å². The highest BCUT2D eigenvalue weighted by molar-refractivity contribution is 5.63.